The fourth-order valence-corrected chi connectivity index (χ4v) is 2.31. The van der Waals surface area contributed by atoms with Gasteiger partial charge in [0.2, 0.25) is 5.12 Å². The molecule has 2 nitrogen and oxygen atoms in total. The summed E-state index contributed by atoms with van der Waals surface area (Å²) in [6, 6.07) is 6.74. The molecule has 96 valence electrons. The molecule has 1 rings (SSSR count). The van der Waals surface area contributed by atoms with Crippen LogP contribution in [0, 0.1) is 0 Å². The van der Waals surface area contributed by atoms with Gasteiger partial charge in [0.15, 0.2) is 0 Å². The zero-order valence-electron chi connectivity index (χ0n) is 10.6. The van der Waals surface area contributed by atoms with E-state index >= 15 is 0 Å². The average molecular weight is 262 g/mol. The number of aldehydes is 1. The van der Waals surface area contributed by atoms with Crippen LogP contribution >= 0.6 is 11.8 Å². The number of carbonyl (C=O) groups excluding carboxylic acids is 2. The number of rotatable bonds is 7. The molecule has 0 saturated heterocycles. The van der Waals surface area contributed by atoms with E-state index in [1.165, 1.54) is 17.3 Å². The summed E-state index contributed by atoms with van der Waals surface area (Å²) < 4.78 is 0. The molecule has 0 amide bonds. The van der Waals surface area contributed by atoms with Crippen LogP contribution in [0.25, 0.3) is 0 Å². The van der Waals surface area contributed by atoms with Crippen molar-refractivity contribution >= 4 is 23.2 Å². The van der Waals surface area contributed by atoms with Crippen LogP contribution in [0.15, 0.2) is 36.4 Å². The zero-order chi connectivity index (χ0) is 13.4. The molecule has 1 aromatic carbocycles. The molecule has 0 saturated carbocycles. The molecular weight excluding hydrogens is 244 g/mol. The topological polar surface area (TPSA) is 34.1 Å². The smallest absolute Gasteiger partial charge is 0.219 e. The summed E-state index contributed by atoms with van der Waals surface area (Å²) in [5.41, 5.74) is 2.44. The van der Waals surface area contributed by atoms with E-state index in [9.17, 15) is 9.59 Å². The summed E-state index contributed by atoms with van der Waals surface area (Å²) in [5, 5.41) is 0.0720. The fraction of sp³-hybridized carbons (Fsp3) is 0.333. The molecule has 1 aromatic rings. The first kappa shape index (κ1) is 14.7. The number of allylic oxidation sites excluding steroid dienone is 1. The van der Waals surface area contributed by atoms with Gasteiger partial charge >= 0.3 is 0 Å². The van der Waals surface area contributed by atoms with Crippen LogP contribution in [0.1, 0.15) is 46.9 Å². The first-order valence-corrected chi connectivity index (χ1v) is 6.99. The predicted octanol–water partition coefficient (Wildman–Crippen LogP) is 4.12. The van der Waals surface area contributed by atoms with Gasteiger partial charge in [-0.3, -0.25) is 9.59 Å². The molecule has 0 radical (unpaired) electrons. The van der Waals surface area contributed by atoms with Gasteiger partial charge in [0.1, 0.15) is 6.29 Å². The maximum Gasteiger partial charge on any atom is 0.219 e. The minimum absolute atomic E-state index is 0.0720. The van der Waals surface area contributed by atoms with E-state index in [1.54, 1.807) is 24.3 Å². The quantitative estimate of drug-likeness (QED) is 0.421. The highest BCUT2D eigenvalue weighted by Gasteiger charge is 2.05. The molecule has 0 heterocycles. The molecule has 18 heavy (non-hydrogen) atoms. The van der Waals surface area contributed by atoms with E-state index in [1.807, 2.05) is 6.92 Å². The number of thioether (sulfide) groups is 1. The summed E-state index contributed by atoms with van der Waals surface area (Å²) in [4.78, 5) is 22.3. The summed E-state index contributed by atoms with van der Waals surface area (Å²) in [7, 11) is 0. The Morgan fingerprint density at radius 3 is 2.50 bits per heavy atom. The van der Waals surface area contributed by atoms with E-state index in [-0.39, 0.29) is 5.12 Å². The van der Waals surface area contributed by atoms with Crippen molar-refractivity contribution in [2.75, 3.05) is 5.75 Å². The molecule has 0 atom stereocenters. The highest BCUT2D eigenvalue weighted by Crippen LogP contribution is 2.15. The summed E-state index contributed by atoms with van der Waals surface area (Å²) in [6.07, 6.45) is 3.91. The highest BCUT2D eigenvalue weighted by molar-refractivity contribution is 8.14. The number of unbranched alkanes of at least 4 members (excludes halogenated alkanes) is 1. The minimum atomic E-state index is 0.0720. The van der Waals surface area contributed by atoms with Crippen LogP contribution in [-0.4, -0.2) is 17.2 Å². The lowest BCUT2D eigenvalue weighted by Crippen LogP contribution is -1.95. The van der Waals surface area contributed by atoms with Crippen LogP contribution in [0.3, 0.4) is 0 Å². The molecule has 0 unspecified atom stereocenters. The van der Waals surface area contributed by atoms with Crippen molar-refractivity contribution in [1.29, 1.82) is 0 Å². The molecule has 0 fully saturated rings. The Hall–Kier alpha value is -1.35. The SMILES string of the molecule is C=C(C)CCCCSC(=O)c1ccc(C=O)cc1. The lowest BCUT2D eigenvalue weighted by atomic mass is 10.2. The van der Waals surface area contributed by atoms with Crippen LogP contribution in [0.5, 0.6) is 0 Å². The van der Waals surface area contributed by atoms with E-state index < -0.39 is 0 Å². The Bertz CT molecular complexity index is 421. The Kier molecular flexibility index (Phi) is 6.44. The summed E-state index contributed by atoms with van der Waals surface area (Å²) in [6.45, 7) is 5.87. The van der Waals surface area contributed by atoms with E-state index in [0.29, 0.717) is 11.1 Å². The second kappa shape index (κ2) is 7.88. The predicted molar refractivity (Wildman–Crippen MR) is 77.3 cm³/mol. The average Bonchev–Trinajstić information content (AvgIpc) is 2.38. The lowest BCUT2D eigenvalue weighted by molar-refractivity contribution is 0.108. The van der Waals surface area contributed by atoms with Gasteiger partial charge in [0.05, 0.1) is 0 Å². The van der Waals surface area contributed by atoms with Gasteiger partial charge in [0, 0.05) is 16.9 Å². The van der Waals surface area contributed by atoms with Crippen molar-refractivity contribution in [3.05, 3.63) is 47.5 Å². The van der Waals surface area contributed by atoms with Crippen LogP contribution < -0.4 is 0 Å². The van der Waals surface area contributed by atoms with E-state index in [0.717, 1.165) is 31.3 Å². The normalized spacial score (nSPS) is 10.1. The third kappa shape index (κ3) is 5.32. The summed E-state index contributed by atoms with van der Waals surface area (Å²) >= 11 is 1.34. The Morgan fingerprint density at radius 1 is 1.28 bits per heavy atom. The van der Waals surface area contributed by atoms with Gasteiger partial charge in [-0.05, 0) is 38.3 Å². The second-order valence-corrected chi connectivity index (χ2v) is 5.36. The van der Waals surface area contributed by atoms with Gasteiger partial charge in [-0.1, -0.05) is 29.5 Å². The van der Waals surface area contributed by atoms with Crippen molar-refractivity contribution in [3.8, 4) is 0 Å². The monoisotopic (exact) mass is 262 g/mol. The molecule has 0 bridgehead atoms. The molecule has 0 N–H and O–H groups in total. The van der Waals surface area contributed by atoms with Crippen molar-refractivity contribution < 1.29 is 9.59 Å². The van der Waals surface area contributed by atoms with E-state index in [2.05, 4.69) is 6.58 Å². The Morgan fingerprint density at radius 2 is 1.94 bits per heavy atom. The molecular formula is C15H18O2S. The van der Waals surface area contributed by atoms with Crippen molar-refractivity contribution in [2.24, 2.45) is 0 Å². The zero-order valence-corrected chi connectivity index (χ0v) is 11.5. The number of hydrogen-bond acceptors (Lipinski definition) is 3. The third-order valence-corrected chi connectivity index (χ3v) is 3.50. The van der Waals surface area contributed by atoms with Gasteiger partial charge < -0.3 is 0 Å². The van der Waals surface area contributed by atoms with Gasteiger partial charge in [-0.2, -0.15) is 0 Å². The molecule has 0 aromatic heterocycles. The molecule has 0 aliphatic heterocycles. The van der Waals surface area contributed by atoms with Crippen molar-refractivity contribution in [2.45, 2.75) is 26.2 Å². The fourth-order valence-electron chi connectivity index (χ4n) is 1.47. The largest absolute Gasteiger partial charge is 0.298 e. The summed E-state index contributed by atoms with van der Waals surface area (Å²) in [5.74, 6) is 0.835. The minimum Gasteiger partial charge on any atom is -0.298 e. The molecule has 3 heteroatoms. The second-order valence-electron chi connectivity index (χ2n) is 4.29. The lowest BCUT2D eigenvalue weighted by Gasteiger charge is -2.02. The number of carbonyl (C=O) groups is 2. The van der Waals surface area contributed by atoms with Crippen LogP contribution in [-0.2, 0) is 0 Å². The maximum absolute atomic E-state index is 11.8. The third-order valence-electron chi connectivity index (χ3n) is 2.51. The van der Waals surface area contributed by atoms with Gasteiger partial charge in [-0.15, -0.1) is 6.58 Å². The first-order chi connectivity index (χ1) is 8.63. The molecule has 0 aliphatic carbocycles. The first-order valence-electron chi connectivity index (χ1n) is 6.00. The van der Waals surface area contributed by atoms with Gasteiger partial charge in [-0.25, -0.2) is 0 Å². The highest BCUT2D eigenvalue weighted by atomic mass is 32.2. The van der Waals surface area contributed by atoms with Crippen LogP contribution in [0.4, 0.5) is 0 Å². The Labute approximate surface area is 112 Å². The van der Waals surface area contributed by atoms with E-state index in [4.69, 9.17) is 0 Å². The standard InChI is InChI=1S/C15H18O2S/c1-12(2)5-3-4-10-18-15(17)14-8-6-13(11-16)7-9-14/h6-9,11H,1,3-5,10H2,2H3. The Balaban J connectivity index is 2.31. The van der Waals surface area contributed by atoms with Crippen LogP contribution in [0.2, 0.25) is 0 Å². The van der Waals surface area contributed by atoms with Crippen molar-refractivity contribution in [1.82, 2.24) is 0 Å². The maximum atomic E-state index is 11.8. The molecule has 0 spiro atoms. The number of benzene rings is 1. The number of hydrogen-bond donors (Lipinski definition) is 0. The van der Waals surface area contributed by atoms with Crippen molar-refractivity contribution in [3.63, 3.8) is 0 Å². The molecule has 0 aliphatic rings. The van der Waals surface area contributed by atoms with Gasteiger partial charge in [0.25, 0.3) is 0 Å².